The minimum atomic E-state index is -0.762. The molecule has 1 nitrogen and oxygen atoms in total. The molecule has 20 heavy (non-hydrogen) atoms. The highest BCUT2D eigenvalue weighted by Crippen LogP contribution is 2.72. The van der Waals surface area contributed by atoms with E-state index in [1.165, 1.54) is 6.07 Å². The molecule has 1 atom stereocenters. The van der Waals surface area contributed by atoms with Gasteiger partial charge in [0.05, 0.1) is 0 Å². The lowest BCUT2D eigenvalue weighted by atomic mass is 9.95. The maximum atomic E-state index is 14.2. The predicted molar refractivity (Wildman–Crippen MR) is 78.4 cm³/mol. The molecular formula is C17H25F2N. The lowest BCUT2D eigenvalue weighted by Crippen LogP contribution is -2.27. The minimum Gasteiger partial charge on any atom is -0.310 e. The van der Waals surface area contributed by atoms with Crippen LogP contribution in [0, 0.1) is 28.4 Å². The Hall–Kier alpha value is -0.960. The Bertz CT molecular complexity index is 480. The first-order valence-electron chi connectivity index (χ1n) is 7.42. The van der Waals surface area contributed by atoms with Crippen molar-refractivity contribution in [1.29, 1.82) is 0 Å². The van der Waals surface area contributed by atoms with Crippen LogP contribution in [0.2, 0.25) is 0 Å². The maximum Gasteiger partial charge on any atom is 0.163 e. The molecule has 112 valence electrons. The summed E-state index contributed by atoms with van der Waals surface area (Å²) in [4.78, 5) is 0. The Labute approximate surface area is 120 Å². The van der Waals surface area contributed by atoms with Crippen molar-refractivity contribution in [1.82, 2.24) is 5.32 Å². The Kier molecular flexibility index (Phi) is 3.94. The van der Waals surface area contributed by atoms with Gasteiger partial charge in [0.1, 0.15) is 0 Å². The average Bonchev–Trinajstić information content (AvgIpc) is 2.77. The van der Waals surface area contributed by atoms with Gasteiger partial charge in [-0.15, -0.1) is 0 Å². The number of benzene rings is 1. The van der Waals surface area contributed by atoms with Crippen molar-refractivity contribution in [2.45, 2.75) is 47.1 Å². The molecule has 0 saturated heterocycles. The van der Waals surface area contributed by atoms with Gasteiger partial charge >= 0.3 is 0 Å². The molecule has 1 aliphatic carbocycles. The summed E-state index contributed by atoms with van der Waals surface area (Å²) >= 11 is 0. The molecular weight excluding hydrogens is 256 g/mol. The molecule has 3 heteroatoms. The van der Waals surface area contributed by atoms with E-state index in [9.17, 15) is 8.78 Å². The summed E-state index contributed by atoms with van der Waals surface area (Å²) in [7, 11) is 0. The molecule has 1 aromatic carbocycles. The molecule has 1 saturated carbocycles. The fraction of sp³-hybridized carbons (Fsp3) is 0.647. The van der Waals surface area contributed by atoms with Crippen LogP contribution in [-0.4, -0.2) is 6.54 Å². The van der Waals surface area contributed by atoms with Crippen LogP contribution in [0.4, 0.5) is 8.78 Å². The largest absolute Gasteiger partial charge is 0.310 e. The van der Waals surface area contributed by atoms with Crippen LogP contribution in [0.25, 0.3) is 0 Å². The van der Waals surface area contributed by atoms with Gasteiger partial charge in [-0.05, 0) is 35.8 Å². The lowest BCUT2D eigenvalue weighted by molar-refractivity contribution is 0.387. The van der Waals surface area contributed by atoms with Crippen molar-refractivity contribution < 1.29 is 8.78 Å². The SMILES string of the molecule is CCCNC(c1cccc(F)c1F)C1C(C)(C)C1(C)C. The molecule has 1 aliphatic rings. The van der Waals surface area contributed by atoms with E-state index in [-0.39, 0.29) is 16.9 Å². The van der Waals surface area contributed by atoms with Crippen LogP contribution in [0.5, 0.6) is 0 Å². The molecule has 1 fully saturated rings. The quantitative estimate of drug-likeness (QED) is 0.825. The number of nitrogens with one attached hydrogen (secondary N) is 1. The second kappa shape index (κ2) is 5.10. The van der Waals surface area contributed by atoms with Crippen molar-refractivity contribution in [3.8, 4) is 0 Å². The Balaban J connectivity index is 2.37. The minimum absolute atomic E-state index is 0.122. The van der Waals surface area contributed by atoms with Crippen molar-refractivity contribution in [3.05, 3.63) is 35.4 Å². The summed E-state index contributed by atoms with van der Waals surface area (Å²) in [6.45, 7) is 11.7. The van der Waals surface area contributed by atoms with Gasteiger partial charge in [-0.2, -0.15) is 0 Å². The maximum absolute atomic E-state index is 14.2. The van der Waals surface area contributed by atoms with Gasteiger partial charge in [0.2, 0.25) is 0 Å². The van der Waals surface area contributed by atoms with Gasteiger partial charge in [-0.1, -0.05) is 46.8 Å². The summed E-state index contributed by atoms with van der Waals surface area (Å²) in [6, 6.07) is 4.35. The van der Waals surface area contributed by atoms with E-state index in [2.05, 4.69) is 39.9 Å². The van der Waals surface area contributed by atoms with Gasteiger partial charge in [0.25, 0.3) is 0 Å². The van der Waals surface area contributed by atoms with Crippen LogP contribution in [0.1, 0.15) is 52.6 Å². The first kappa shape index (κ1) is 15.4. The lowest BCUT2D eigenvalue weighted by Gasteiger charge is -2.22. The smallest absolute Gasteiger partial charge is 0.163 e. The van der Waals surface area contributed by atoms with E-state index < -0.39 is 11.6 Å². The van der Waals surface area contributed by atoms with Crippen molar-refractivity contribution in [2.75, 3.05) is 6.54 Å². The zero-order chi connectivity index (χ0) is 15.1. The number of rotatable bonds is 5. The first-order chi connectivity index (χ1) is 9.25. The molecule has 0 aromatic heterocycles. The fourth-order valence-electron chi connectivity index (χ4n) is 3.55. The van der Waals surface area contributed by atoms with E-state index in [4.69, 9.17) is 0 Å². The Morgan fingerprint density at radius 2 is 1.75 bits per heavy atom. The average molecular weight is 281 g/mol. The van der Waals surface area contributed by atoms with E-state index in [1.807, 2.05) is 0 Å². The summed E-state index contributed by atoms with van der Waals surface area (Å²) in [6.07, 6.45) is 0.973. The third kappa shape index (κ3) is 2.26. The summed E-state index contributed by atoms with van der Waals surface area (Å²) in [5, 5.41) is 3.42. The van der Waals surface area contributed by atoms with Crippen molar-refractivity contribution in [2.24, 2.45) is 16.7 Å². The first-order valence-corrected chi connectivity index (χ1v) is 7.42. The number of hydrogen-bond acceptors (Lipinski definition) is 1. The van der Waals surface area contributed by atoms with Gasteiger partial charge in [-0.25, -0.2) is 8.78 Å². The zero-order valence-corrected chi connectivity index (χ0v) is 13.1. The highest BCUT2D eigenvalue weighted by atomic mass is 19.2. The second-order valence-electron chi connectivity index (χ2n) is 7.00. The topological polar surface area (TPSA) is 12.0 Å². The summed E-state index contributed by atoms with van der Waals surface area (Å²) < 4.78 is 27.7. The molecule has 2 rings (SSSR count). The fourth-order valence-corrected chi connectivity index (χ4v) is 3.55. The molecule has 0 heterocycles. The molecule has 0 bridgehead atoms. The second-order valence-corrected chi connectivity index (χ2v) is 7.00. The van der Waals surface area contributed by atoms with Gasteiger partial charge in [0, 0.05) is 11.6 Å². The van der Waals surface area contributed by atoms with E-state index in [0.717, 1.165) is 13.0 Å². The highest BCUT2D eigenvalue weighted by molar-refractivity contribution is 5.29. The molecule has 1 unspecified atom stereocenters. The molecule has 1 aromatic rings. The Morgan fingerprint density at radius 1 is 1.15 bits per heavy atom. The molecule has 0 radical (unpaired) electrons. The predicted octanol–water partition coefficient (Wildman–Crippen LogP) is 4.69. The van der Waals surface area contributed by atoms with Gasteiger partial charge in [0.15, 0.2) is 11.6 Å². The summed E-state index contributed by atoms with van der Waals surface area (Å²) in [5.41, 5.74) is 0.705. The van der Waals surface area contributed by atoms with Gasteiger partial charge < -0.3 is 5.32 Å². The third-order valence-electron chi connectivity index (χ3n) is 5.40. The van der Waals surface area contributed by atoms with Crippen LogP contribution in [0.3, 0.4) is 0 Å². The molecule has 0 amide bonds. The standard InChI is InChI=1S/C17H25F2N/c1-6-10-20-14(15-16(2,3)17(15,4)5)11-8-7-9-12(18)13(11)19/h7-9,14-15,20H,6,10H2,1-5H3. The molecule has 0 spiro atoms. The van der Waals surface area contributed by atoms with Crippen LogP contribution >= 0.6 is 0 Å². The number of hydrogen-bond donors (Lipinski definition) is 1. The van der Waals surface area contributed by atoms with Crippen LogP contribution in [-0.2, 0) is 0 Å². The normalized spacial score (nSPS) is 21.8. The summed E-state index contributed by atoms with van der Waals surface area (Å²) in [5.74, 6) is -1.17. The molecule has 0 aliphatic heterocycles. The van der Waals surface area contributed by atoms with Crippen LogP contribution < -0.4 is 5.32 Å². The highest BCUT2D eigenvalue weighted by Gasteiger charge is 2.67. The van der Waals surface area contributed by atoms with Crippen molar-refractivity contribution in [3.63, 3.8) is 0 Å². The number of halogens is 2. The monoisotopic (exact) mass is 281 g/mol. The van der Waals surface area contributed by atoms with Crippen molar-refractivity contribution >= 4 is 0 Å². The molecule has 1 N–H and O–H groups in total. The van der Waals surface area contributed by atoms with E-state index >= 15 is 0 Å². The van der Waals surface area contributed by atoms with E-state index in [0.29, 0.717) is 11.5 Å². The van der Waals surface area contributed by atoms with Crippen LogP contribution in [0.15, 0.2) is 18.2 Å². The third-order valence-corrected chi connectivity index (χ3v) is 5.40. The van der Waals surface area contributed by atoms with Gasteiger partial charge in [-0.3, -0.25) is 0 Å². The van der Waals surface area contributed by atoms with E-state index in [1.54, 1.807) is 12.1 Å². The Morgan fingerprint density at radius 3 is 2.25 bits per heavy atom. The zero-order valence-electron chi connectivity index (χ0n) is 13.1.